The number of aliphatic hydroxyl groups excluding tert-OH is 1. The van der Waals surface area contributed by atoms with Crippen LogP contribution in [0.4, 0.5) is 0 Å². The third kappa shape index (κ3) is 3.61. The van der Waals surface area contributed by atoms with Gasteiger partial charge in [0, 0.05) is 18.7 Å². The highest BCUT2D eigenvalue weighted by molar-refractivity contribution is 5.30. The van der Waals surface area contributed by atoms with Crippen LogP contribution in [0.15, 0.2) is 36.5 Å². The topological polar surface area (TPSA) is 47.3 Å². The van der Waals surface area contributed by atoms with Crippen molar-refractivity contribution in [3.63, 3.8) is 0 Å². The molecule has 0 spiro atoms. The lowest BCUT2D eigenvalue weighted by molar-refractivity contribution is 0.176. The molecule has 0 fully saturated rings. The van der Waals surface area contributed by atoms with E-state index in [9.17, 15) is 5.11 Å². The van der Waals surface area contributed by atoms with Crippen LogP contribution < -0.4 is 4.74 Å². The summed E-state index contributed by atoms with van der Waals surface area (Å²) in [5, 5.41) is 14.8. The molecular formula is C16H22N2O2. The smallest absolute Gasteiger partial charge is 0.119 e. The Labute approximate surface area is 120 Å². The summed E-state index contributed by atoms with van der Waals surface area (Å²) in [6.45, 7) is 6.73. The van der Waals surface area contributed by atoms with Gasteiger partial charge in [-0.15, -0.1) is 0 Å². The van der Waals surface area contributed by atoms with Crippen LogP contribution in [-0.2, 0) is 6.42 Å². The van der Waals surface area contributed by atoms with E-state index in [0.717, 1.165) is 17.0 Å². The molecule has 0 saturated carbocycles. The van der Waals surface area contributed by atoms with Crippen molar-refractivity contribution >= 4 is 0 Å². The van der Waals surface area contributed by atoms with Crippen LogP contribution in [-0.4, -0.2) is 21.5 Å². The average molecular weight is 274 g/mol. The summed E-state index contributed by atoms with van der Waals surface area (Å²) in [6, 6.07) is 9.88. The fourth-order valence-corrected chi connectivity index (χ4v) is 2.07. The number of aromatic nitrogens is 2. The third-order valence-corrected chi connectivity index (χ3v) is 3.15. The predicted octanol–water partition coefficient (Wildman–Crippen LogP) is 3.14. The highest BCUT2D eigenvalue weighted by atomic mass is 16.5. The second-order valence-corrected chi connectivity index (χ2v) is 5.11. The van der Waals surface area contributed by atoms with Crippen LogP contribution in [0.25, 0.3) is 0 Å². The summed E-state index contributed by atoms with van der Waals surface area (Å²) in [6.07, 6.45) is 1.89. The molecule has 0 aliphatic heterocycles. The van der Waals surface area contributed by atoms with Gasteiger partial charge in [0.15, 0.2) is 0 Å². The van der Waals surface area contributed by atoms with E-state index >= 15 is 0 Å². The molecule has 1 unspecified atom stereocenters. The molecule has 1 aromatic carbocycles. The van der Waals surface area contributed by atoms with E-state index in [1.165, 1.54) is 0 Å². The Morgan fingerprint density at radius 1 is 1.30 bits per heavy atom. The molecule has 4 nitrogen and oxygen atoms in total. The Hall–Kier alpha value is -1.81. The number of hydrogen-bond donors (Lipinski definition) is 1. The molecule has 4 heteroatoms. The van der Waals surface area contributed by atoms with Gasteiger partial charge < -0.3 is 9.84 Å². The highest BCUT2D eigenvalue weighted by Gasteiger charge is 2.12. The van der Waals surface area contributed by atoms with Gasteiger partial charge in [0.2, 0.25) is 0 Å². The Morgan fingerprint density at radius 3 is 2.75 bits per heavy atom. The Bertz CT molecular complexity index is 549. The molecule has 1 aromatic heterocycles. The monoisotopic (exact) mass is 274 g/mol. The van der Waals surface area contributed by atoms with E-state index in [4.69, 9.17) is 4.74 Å². The van der Waals surface area contributed by atoms with Crippen LogP contribution in [0.3, 0.4) is 0 Å². The molecule has 1 atom stereocenters. The van der Waals surface area contributed by atoms with Crippen LogP contribution in [0.5, 0.6) is 5.75 Å². The number of ether oxygens (including phenoxy) is 1. The number of benzene rings is 1. The fourth-order valence-electron chi connectivity index (χ4n) is 2.07. The SMILES string of the molecule is CCOc1cccc(C(O)Cc2ccn(C(C)C)n2)c1. The summed E-state index contributed by atoms with van der Waals surface area (Å²) in [5.74, 6) is 0.789. The quantitative estimate of drug-likeness (QED) is 0.880. The standard InChI is InChI=1S/C16H22N2O2/c1-4-20-15-7-5-6-13(10-15)16(19)11-14-8-9-18(17-14)12(2)3/h5-10,12,16,19H,4,11H2,1-3H3. The minimum absolute atomic E-state index is 0.335. The maximum atomic E-state index is 10.3. The van der Waals surface area contributed by atoms with E-state index in [2.05, 4.69) is 18.9 Å². The summed E-state index contributed by atoms with van der Waals surface area (Å²) >= 11 is 0. The van der Waals surface area contributed by atoms with Crippen LogP contribution in [0.1, 0.15) is 44.2 Å². The lowest BCUT2D eigenvalue weighted by Gasteiger charge is -2.11. The Morgan fingerprint density at radius 2 is 2.10 bits per heavy atom. The summed E-state index contributed by atoms with van der Waals surface area (Å²) < 4.78 is 7.35. The highest BCUT2D eigenvalue weighted by Crippen LogP contribution is 2.22. The summed E-state index contributed by atoms with van der Waals surface area (Å²) in [5.41, 5.74) is 1.75. The summed E-state index contributed by atoms with van der Waals surface area (Å²) in [7, 11) is 0. The van der Waals surface area contributed by atoms with Crippen LogP contribution >= 0.6 is 0 Å². The van der Waals surface area contributed by atoms with Gasteiger partial charge in [-0.3, -0.25) is 4.68 Å². The third-order valence-electron chi connectivity index (χ3n) is 3.15. The zero-order valence-corrected chi connectivity index (χ0v) is 12.3. The van der Waals surface area contributed by atoms with Gasteiger partial charge in [-0.1, -0.05) is 12.1 Å². The number of nitrogens with zero attached hydrogens (tertiary/aromatic N) is 2. The van der Waals surface area contributed by atoms with Crippen molar-refractivity contribution in [2.24, 2.45) is 0 Å². The van der Waals surface area contributed by atoms with E-state index < -0.39 is 6.10 Å². The summed E-state index contributed by atoms with van der Waals surface area (Å²) in [4.78, 5) is 0. The molecule has 20 heavy (non-hydrogen) atoms. The molecule has 108 valence electrons. The fraction of sp³-hybridized carbons (Fsp3) is 0.438. The van der Waals surface area contributed by atoms with Crippen molar-refractivity contribution in [3.05, 3.63) is 47.8 Å². The Kier molecular flexibility index (Phi) is 4.79. The van der Waals surface area contributed by atoms with Gasteiger partial charge in [-0.05, 0) is 44.5 Å². The maximum absolute atomic E-state index is 10.3. The minimum atomic E-state index is -0.564. The van der Waals surface area contributed by atoms with Gasteiger partial charge in [0.05, 0.1) is 18.4 Å². The zero-order valence-electron chi connectivity index (χ0n) is 12.3. The molecule has 0 bridgehead atoms. The molecule has 2 rings (SSSR count). The number of aliphatic hydroxyl groups is 1. The number of rotatable bonds is 6. The minimum Gasteiger partial charge on any atom is -0.494 e. The normalized spacial score (nSPS) is 12.7. The maximum Gasteiger partial charge on any atom is 0.119 e. The zero-order chi connectivity index (χ0) is 14.5. The van der Waals surface area contributed by atoms with Crippen molar-refractivity contribution < 1.29 is 9.84 Å². The second kappa shape index (κ2) is 6.57. The first-order valence-corrected chi connectivity index (χ1v) is 7.05. The Balaban J connectivity index is 2.06. The van der Waals surface area contributed by atoms with E-state index in [1.807, 2.05) is 48.1 Å². The van der Waals surface area contributed by atoms with Gasteiger partial charge in [-0.25, -0.2) is 0 Å². The van der Waals surface area contributed by atoms with E-state index in [0.29, 0.717) is 19.1 Å². The molecule has 0 radical (unpaired) electrons. The largest absolute Gasteiger partial charge is 0.494 e. The first kappa shape index (κ1) is 14.6. The molecule has 0 saturated heterocycles. The molecular weight excluding hydrogens is 252 g/mol. The molecule has 0 aliphatic carbocycles. The van der Waals surface area contributed by atoms with Gasteiger partial charge in [-0.2, -0.15) is 5.10 Å². The van der Waals surface area contributed by atoms with Crippen molar-refractivity contribution in [2.75, 3.05) is 6.61 Å². The molecule has 1 heterocycles. The van der Waals surface area contributed by atoms with E-state index in [-0.39, 0.29) is 0 Å². The first-order valence-electron chi connectivity index (χ1n) is 7.05. The first-order chi connectivity index (χ1) is 9.60. The molecule has 0 amide bonds. The lowest BCUT2D eigenvalue weighted by Crippen LogP contribution is -2.05. The predicted molar refractivity (Wildman–Crippen MR) is 78.9 cm³/mol. The van der Waals surface area contributed by atoms with Crippen molar-refractivity contribution in [2.45, 2.75) is 39.3 Å². The van der Waals surface area contributed by atoms with Crippen molar-refractivity contribution in [3.8, 4) is 5.75 Å². The lowest BCUT2D eigenvalue weighted by atomic mass is 10.0. The van der Waals surface area contributed by atoms with Crippen molar-refractivity contribution in [1.29, 1.82) is 0 Å². The molecule has 0 aliphatic rings. The molecule has 2 aromatic rings. The van der Waals surface area contributed by atoms with Gasteiger partial charge in [0.1, 0.15) is 5.75 Å². The molecule has 1 N–H and O–H groups in total. The van der Waals surface area contributed by atoms with Gasteiger partial charge in [0.25, 0.3) is 0 Å². The second-order valence-electron chi connectivity index (χ2n) is 5.11. The average Bonchev–Trinajstić information content (AvgIpc) is 2.88. The van der Waals surface area contributed by atoms with Crippen LogP contribution in [0.2, 0.25) is 0 Å². The van der Waals surface area contributed by atoms with E-state index in [1.54, 1.807) is 0 Å². The van der Waals surface area contributed by atoms with Gasteiger partial charge >= 0.3 is 0 Å². The van der Waals surface area contributed by atoms with Crippen molar-refractivity contribution in [1.82, 2.24) is 9.78 Å². The van der Waals surface area contributed by atoms with Crippen LogP contribution in [0, 0.1) is 0 Å². The number of hydrogen-bond acceptors (Lipinski definition) is 3.